The van der Waals surface area contributed by atoms with Gasteiger partial charge in [0.1, 0.15) is 5.75 Å². The predicted octanol–water partition coefficient (Wildman–Crippen LogP) is 1.56. The van der Waals surface area contributed by atoms with Crippen molar-refractivity contribution < 1.29 is 4.74 Å². The summed E-state index contributed by atoms with van der Waals surface area (Å²) < 4.78 is 5.30. The molecule has 0 aromatic heterocycles. The van der Waals surface area contributed by atoms with E-state index in [1.165, 1.54) is 25.1 Å². The summed E-state index contributed by atoms with van der Waals surface area (Å²) in [6.45, 7) is 6.50. The lowest BCUT2D eigenvalue weighted by atomic mass is 10.1. The lowest BCUT2D eigenvalue weighted by Crippen LogP contribution is -2.48. The highest BCUT2D eigenvalue weighted by molar-refractivity contribution is 5.51. The molecule has 110 valence electrons. The van der Waals surface area contributed by atoms with E-state index in [1.807, 2.05) is 6.07 Å². The van der Waals surface area contributed by atoms with Gasteiger partial charge in [-0.15, -0.1) is 0 Å². The number of methoxy groups -OCH3 is 1. The van der Waals surface area contributed by atoms with Gasteiger partial charge in [-0.2, -0.15) is 0 Å². The molecule has 1 aromatic rings. The Balaban J connectivity index is 1.55. The average molecular weight is 275 g/mol. The maximum Gasteiger partial charge on any atom is 0.120 e. The second kappa shape index (κ2) is 5.62. The normalized spacial score (nSPS) is 21.8. The van der Waals surface area contributed by atoms with Crippen molar-refractivity contribution >= 4 is 5.69 Å². The number of nitrogens with zero attached hydrogens (tertiary/aromatic N) is 2. The lowest BCUT2D eigenvalue weighted by Gasteiger charge is -2.37. The molecule has 1 saturated heterocycles. The van der Waals surface area contributed by atoms with E-state index in [2.05, 4.69) is 28.0 Å². The number of hydrogen-bond acceptors (Lipinski definition) is 4. The van der Waals surface area contributed by atoms with Crippen LogP contribution in [-0.4, -0.2) is 51.3 Å². The molecule has 0 radical (unpaired) electrons. The van der Waals surface area contributed by atoms with Crippen molar-refractivity contribution in [2.24, 2.45) is 11.1 Å². The monoisotopic (exact) mass is 275 g/mol. The molecule has 20 heavy (non-hydrogen) atoms. The Morgan fingerprint density at radius 1 is 1.20 bits per heavy atom. The standard InChI is InChI=1S/C16H25N3O/c1-20-15-4-2-3-14(11-15)19-9-7-18(8-10-19)13-16(12-17)5-6-16/h2-4,11H,5-10,12-13,17H2,1H3. The summed E-state index contributed by atoms with van der Waals surface area (Å²) >= 11 is 0. The van der Waals surface area contributed by atoms with Gasteiger partial charge < -0.3 is 15.4 Å². The summed E-state index contributed by atoms with van der Waals surface area (Å²) in [4.78, 5) is 5.03. The Hall–Kier alpha value is -1.26. The Morgan fingerprint density at radius 3 is 2.55 bits per heavy atom. The Kier molecular flexibility index (Phi) is 3.85. The second-order valence-electron chi connectivity index (χ2n) is 6.17. The summed E-state index contributed by atoms with van der Waals surface area (Å²) in [6, 6.07) is 8.35. The molecule has 2 fully saturated rings. The van der Waals surface area contributed by atoms with E-state index >= 15 is 0 Å². The molecule has 0 amide bonds. The Bertz CT molecular complexity index is 451. The summed E-state index contributed by atoms with van der Waals surface area (Å²) in [5.74, 6) is 0.935. The molecule has 4 heteroatoms. The second-order valence-corrected chi connectivity index (χ2v) is 6.17. The quantitative estimate of drug-likeness (QED) is 0.885. The van der Waals surface area contributed by atoms with Crippen LogP contribution in [0.25, 0.3) is 0 Å². The maximum absolute atomic E-state index is 5.89. The third-order valence-corrected chi connectivity index (χ3v) is 4.74. The maximum atomic E-state index is 5.89. The average Bonchev–Trinajstić information content (AvgIpc) is 3.28. The minimum atomic E-state index is 0.456. The summed E-state index contributed by atoms with van der Waals surface area (Å²) in [5.41, 5.74) is 7.61. The van der Waals surface area contributed by atoms with E-state index in [0.717, 1.165) is 38.5 Å². The van der Waals surface area contributed by atoms with Crippen molar-refractivity contribution in [3.05, 3.63) is 24.3 Å². The number of ether oxygens (including phenoxy) is 1. The first-order valence-corrected chi connectivity index (χ1v) is 7.56. The summed E-state index contributed by atoms with van der Waals surface area (Å²) in [7, 11) is 1.72. The van der Waals surface area contributed by atoms with Gasteiger partial charge in [0.25, 0.3) is 0 Å². The minimum Gasteiger partial charge on any atom is -0.497 e. The predicted molar refractivity (Wildman–Crippen MR) is 82.4 cm³/mol. The molecule has 3 rings (SSSR count). The van der Waals surface area contributed by atoms with Crippen molar-refractivity contribution in [3.8, 4) is 5.75 Å². The van der Waals surface area contributed by atoms with E-state index in [-0.39, 0.29) is 0 Å². The zero-order valence-electron chi connectivity index (χ0n) is 12.3. The van der Waals surface area contributed by atoms with E-state index in [4.69, 9.17) is 10.5 Å². The van der Waals surface area contributed by atoms with Crippen LogP contribution in [0.15, 0.2) is 24.3 Å². The smallest absolute Gasteiger partial charge is 0.120 e. The van der Waals surface area contributed by atoms with Gasteiger partial charge in [0.2, 0.25) is 0 Å². The fourth-order valence-corrected chi connectivity index (χ4v) is 3.05. The third kappa shape index (κ3) is 2.91. The van der Waals surface area contributed by atoms with Crippen LogP contribution in [0.2, 0.25) is 0 Å². The van der Waals surface area contributed by atoms with Crippen LogP contribution in [-0.2, 0) is 0 Å². The minimum absolute atomic E-state index is 0.456. The van der Waals surface area contributed by atoms with Gasteiger partial charge in [-0.1, -0.05) is 6.07 Å². The van der Waals surface area contributed by atoms with Crippen LogP contribution >= 0.6 is 0 Å². The molecule has 1 heterocycles. The molecule has 0 bridgehead atoms. The van der Waals surface area contributed by atoms with Crippen molar-refractivity contribution in [2.45, 2.75) is 12.8 Å². The molecule has 1 saturated carbocycles. The van der Waals surface area contributed by atoms with Gasteiger partial charge >= 0.3 is 0 Å². The van der Waals surface area contributed by atoms with Gasteiger partial charge in [0.05, 0.1) is 7.11 Å². The first-order chi connectivity index (χ1) is 9.74. The van der Waals surface area contributed by atoms with Crippen LogP contribution in [0.5, 0.6) is 5.75 Å². The van der Waals surface area contributed by atoms with Crippen LogP contribution in [0.3, 0.4) is 0 Å². The molecule has 1 aliphatic heterocycles. The lowest BCUT2D eigenvalue weighted by molar-refractivity contribution is 0.211. The highest BCUT2D eigenvalue weighted by Crippen LogP contribution is 2.45. The van der Waals surface area contributed by atoms with Crippen molar-refractivity contribution in [2.75, 3.05) is 51.3 Å². The molecule has 4 nitrogen and oxygen atoms in total. The number of benzene rings is 1. The Labute approximate surface area is 121 Å². The number of nitrogens with two attached hydrogens (primary N) is 1. The molecular formula is C16H25N3O. The number of hydrogen-bond donors (Lipinski definition) is 1. The van der Waals surface area contributed by atoms with Crippen molar-refractivity contribution in [3.63, 3.8) is 0 Å². The molecule has 1 aromatic carbocycles. The topological polar surface area (TPSA) is 41.7 Å². The largest absolute Gasteiger partial charge is 0.497 e. The van der Waals surface area contributed by atoms with Crippen molar-refractivity contribution in [1.29, 1.82) is 0 Å². The van der Waals surface area contributed by atoms with Crippen molar-refractivity contribution in [1.82, 2.24) is 4.90 Å². The van der Waals surface area contributed by atoms with Gasteiger partial charge in [-0.3, -0.25) is 4.90 Å². The summed E-state index contributed by atoms with van der Waals surface area (Å²) in [6.07, 6.45) is 2.64. The van der Waals surface area contributed by atoms with E-state index < -0.39 is 0 Å². The first kappa shape index (κ1) is 13.7. The van der Waals surface area contributed by atoms with Crippen LogP contribution in [0.4, 0.5) is 5.69 Å². The molecule has 0 spiro atoms. The molecule has 2 N–H and O–H groups in total. The van der Waals surface area contributed by atoms with Gasteiger partial charge in [0, 0.05) is 44.5 Å². The number of anilines is 1. The highest BCUT2D eigenvalue weighted by atomic mass is 16.5. The number of rotatable bonds is 5. The zero-order valence-corrected chi connectivity index (χ0v) is 12.3. The van der Waals surface area contributed by atoms with Gasteiger partial charge in [-0.05, 0) is 36.9 Å². The highest BCUT2D eigenvalue weighted by Gasteiger charge is 2.42. The fraction of sp³-hybridized carbons (Fsp3) is 0.625. The van der Waals surface area contributed by atoms with E-state index in [9.17, 15) is 0 Å². The SMILES string of the molecule is COc1cccc(N2CCN(CC3(CN)CC3)CC2)c1. The molecule has 0 atom stereocenters. The molecule has 1 aliphatic carbocycles. The molecular weight excluding hydrogens is 250 g/mol. The third-order valence-electron chi connectivity index (χ3n) is 4.74. The van der Waals surface area contributed by atoms with E-state index in [1.54, 1.807) is 7.11 Å². The summed E-state index contributed by atoms with van der Waals surface area (Å²) in [5, 5.41) is 0. The van der Waals surface area contributed by atoms with Crippen LogP contribution in [0.1, 0.15) is 12.8 Å². The van der Waals surface area contributed by atoms with Crippen LogP contribution < -0.4 is 15.4 Å². The Morgan fingerprint density at radius 2 is 1.95 bits per heavy atom. The van der Waals surface area contributed by atoms with E-state index in [0.29, 0.717) is 5.41 Å². The zero-order chi connectivity index (χ0) is 14.0. The molecule has 0 unspecified atom stereocenters. The number of piperazine rings is 1. The first-order valence-electron chi connectivity index (χ1n) is 7.56. The van der Waals surface area contributed by atoms with Crippen LogP contribution in [0, 0.1) is 5.41 Å². The van der Waals surface area contributed by atoms with Gasteiger partial charge in [-0.25, -0.2) is 0 Å². The molecule has 2 aliphatic rings. The fourth-order valence-electron chi connectivity index (χ4n) is 3.05. The van der Waals surface area contributed by atoms with Gasteiger partial charge in [0.15, 0.2) is 0 Å².